The summed E-state index contributed by atoms with van der Waals surface area (Å²) >= 11 is 0. The van der Waals surface area contributed by atoms with Gasteiger partial charge in [0.05, 0.1) is 6.54 Å². The summed E-state index contributed by atoms with van der Waals surface area (Å²) in [6.45, 7) is 2.05. The lowest BCUT2D eigenvalue weighted by Gasteiger charge is -2.18. The summed E-state index contributed by atoms with van der Waals surface area (Å²) < 4.78 is 0. The van der Waals surface area contributed by atoms with Crippen LogP contribution in [0, 0.1) is 0 Å². The predicted molar refractivity (Wildman–Crippen MR) is 131 cm³/mol. The molecular formula is C26H28N4O3. The fourth-order valence-electron chi connectivity index (χ4n) is 3.25. The standard InChI is InChI=1S/C26H28N4O3/c1-19(31)30(3)24-14-12-22(13-15-24)28-25(32)17-27-23-11-7-10-21(16-23)26(33)29(2)18-20-8-5-4-6-9-20/h4-16,27H,17-18H2,1-3H3,(H,28,32). The van der Waals surface area contributed by atoms with Gasteiger partial charge in [0.15, 0.2) is 0 Å². The van der Waals surface area contributed by atoms with Crippen LogP contribution in [0.2, 0.25) is 0 Å². The normalized spacial score (nSPS) is 10.3. The van der Waals surface area contributed by atoms with Crippen molar-refractivity contribution in [3.05, 3.63) is 90.0 Å². The molecule has 0 saturated carbocycles. The molecule has 0 bridgehead atoms. The second-order valence-electron chi connectivity index (χ2n) is 7.75. The van der Waals surface area contributed by atoms with Crippen molar-refractivity contribution in [2.75, 3.05) is 36.2 Å². The number of hydrogen-bond acceptors (Lipinski definition) is 4. The van der Waals surface area contributed by atoms with Gasteiger partial charge in [-0.25, -0.2) is 0 Å². The maximum Gasteiger partial charge on any atom is 0.253 e. The summed E-state index contributed by atoms with van der Waals surface area (Å²) in [5.74, 6) is -0.383. The van der Waals surface area contributed by atoms with Gasteiger partial charge in [-0.3, -0.25) is 14.4 Å². The van der Waals surface area contributed by atoms with E-state index in [1.54, 1.807) is 61.5 Å². The summed E-state index contributed by atoms with van der Waals surface area (Å²) in [4.78, 5) is 39.7. The van der Waals surface area contributed by atoms with E-state index in [-0.39, 0.29) is 24.3 Å². The minimum Gasteiger partial charge on any atom is -0.376 e. The number of anilines is 3. The zero-order valence-electron chi connectivity index (χ0n) is 19.0. The van der Waals surface area contributed by atoms with Crippen molar-refractivity contribution in [3.63, 3.8) is 0 Å². The van der Waals surface area contributed by atoms with E-state index in [9.17, 15) is 14.4 Å². The van der Waals surface area contributed by atoms with Crippen LogP contribution in [0.5, 0.6) is 0 Å². The smallest absolute Gasteiger partial charge is 0.253 e. The van der Waals surface area contributed by atoms with E-state index in [1.807, 2.05) is 36.4 Å². The van der Waals surface area contributed by atoms with Crippen molar-refractivity contribution in [1.82, 2.24) is 4.90 Å². The van der Waals surface area contributed by atoms with E-state index in [4.69, 9.17) is 0 Å². The van der Waals surface area contributed by atoms with Crippen LogP contribution >= 0.6 is 0 Å². The first-order valence-corrected chi connectivity index (χ1v) is 10.6. The van der Waals surface area contributed by atoms with Crippen LogP contribution in [-0.4, -0.2) is 43.3 Å². The maximum absolute atomic E-state index is 12.8. The molecule has 3 rings (SSSR count). The number of carbonyl (C=O) groups excluding carboxylic acids is 3. The van der Waals surface area contributed by atoms with Crippen molar-refractivity contribution >= 4 is 34.8 Å². The largest absolute Gasteiger partial charge is 0.376 e. The molecule has 0 fully saturated rings. The number of benzene rings is 3. The van der Waals surface area contributed by atoms with Crippen LogP contribution in [0.25, 0.3) is 0 Å². The highest BCUT2D eigenvalue weighted by Crippen LogP contribution is 2.17. The molecule has 0 aromatic heterocycles. The molecule has 7 heteroatoms. The Hall–Kier alpha value is -4.13. The molecule has 2 N–H and O–H groups in total. The van der Waals surface area contributed by atoms with Crippen LogP contribution < -0.4 is 15.5 Å². The summed E-state index contributed by atoms with van der Waals surface area (Å²) in [5, 5.41) is 5.87. The van der Waals surface area contributed by atoms with Gasteiger partial charge in [0.25, 0.3) is 5.91 Å². The van der Waals surface area contributed by atoms with Crippen LogP contribution in [-0.2, 0) is 16.1 Å². The van der Waals surface area contributed by atoms with Crippen LogP contribution in [0.3, 0.4) is 0 Å². The minimum atomic E-state index is -0.222. The molecule has 0 saturated heterocycles. The van der Waals surface area contributed by atoms with Gasteiger partial charge in [0.2, 0.25) is 11.8 Å². The van der Waals surface area contributed by atoms with E-state index >= 15 is 0 Å². The highest BCUT2D eigenvalue weighted by molar-refractivity contribution is 5.96. The monoisotopic (exact) mass is 444 g/mol. The van der Waals surface area contributed by atoms with Gasteiger partial charge >= 0.3 is 0 Å². The molecule has 0 heterocycles. The summed E-state index contributed by atoms with van der Waals surface area (Å²) in [6, 6.07) is 23.9. The number of amides is 3. The summed E-state index contributed by atoms with van der Waals surface area (Å²) in [5.41, 5.74) is 3.66. The van der Waals surface area contributed by atoms with Crippen molar-refractivity contribution in [3.8, 4) is 0 Å². The zero-order chi connectivity index (χ0) is 23.8. The quantitative estimate of drug-likeness (QED) is 0.550. The zero-order valence-corrected chi connectivity index (χ0v) is 19.0. The van der Waals surface area contributed by atoms with Crippen LogP contribution in [0.4, 0.5) is 17.1 Å². The second kappa shape index (κ2) is 10.9. The van der Waals surface area contributed by atoms with Gasteiger partial charge in [-0.05, 0) is 48.0 Å². The Morgan fingerprint density at radius 3 is 2.18 bits per heavy atom. The molecule has 0 unspecified atom stereocenters. The lowest BCUT2D eigenvalue weighted by atomic mass is 10.1. The lowest BCUT2D eigenvalue weighted by molar-refractivity contribution is -0.116. The van der Waals surface area contributed by atoms with E-state index in [2.05, 4.69) is 10.6 Å². The first-order chi connectivity index (χ1) is 15.8. The molecule has 0 aliphatic rings. The highest BCUT2D eigenvalue weighted by atomic mass is 16.2. The molecule has 0 aliphatic carbocycles. The van der Waals surface area contributed by atoms with Gasteiger partial charge in [-0.15, -0.1) is 0 Å². The third-order valence-electron chi connectivity index (χ3n) is 5.18. The molecule has 170 valence electrons. The Labute approximate surface area is 194 Å². The third-order valence-corrected chi connectivity index (χ3v) is 5.18. The number of carbonyl (C=O) groups is 3. The van der Waals surface area contributed by atoms with Crippen LogP contribution in [0.15, 0.2) is 78.9 Å². The number of nitrogens with one attached hydrogen (secondary N) is 2. The molecule has 0 radical (unpaired) electrons. The lowest BCUT2D eigenvalue weighted by Crippen LogP contribution is -2.26. The number of nitrogens with zero attached hydrogens (tertiary/aromatic N) is 2. The first-order valence-electron chi connectivity index (χ1n) is 10.6. The van der Waals surface area contributed by atoms with Crippen LogP contribution in [0.1, 0.15) is 22.8 Å². The molecule has 0 atom stereocenters. The van der Waals surface area contributed by atoms with E-state index < -0.39 is 0 Å². The Kier molecular flexibility index (Phi) is 7.81. The van der Waals surface area contributed by atoms with Gasteiger partial charge in [-0.1, -0.05) is 36.4 Å². The second-order valence-corrected chi connectivity index (χ2v) is 7.75. The maximum atomic E-state index is 12.8. The molecular weight excluding hydrogens is 416 g/mol. The Balaban J connectivity index is 1.54. The Morgan fingerprint density at radius 1 is 0.818 bits per heavy atom. The molecule has 3 amide bonds. The molecule has 0 spiro atoms. The predicted octanol–water partition coefficient (Wildman–Crippen LogP) is 3.99. The Morgan fingerprint density at radius 2 is 1.52 bits per heavy atom. The van der Waals surface area contributed by atoms with Crippen molar-refractivity contribution < 1.29 is 14.4 Å². The fraction of sp³-hybridized carbons (Fsp3) is 0.192. The van der Waals surface area contributed by atoms with Crippen molar-refractivity contribution in [1.29, 1.82) is 0 Å². The fourth-order valence-corrected chi connectivity index (χ4v) is 3.25. The minimum absolute atomic E-state index is 0.0482. The van der Waals surface area contributed by atoms with E-state index in [0.717, 1.165) is 11.3 Å². The van der Waals surface area contributed by atoms with Gasteiger partial charge in [0, 0.05) is 50.2 Å². The van der Waals surface area contributed by atoms with E-state index in [0.29, 0.717) is 23.5 Å². The van der Waals surface area contributed by atoms with E-state index in [1.165, 1.54) is 11.8 Å². The number of hydrogen-bond donors (Lipinski definition) is 2. The molecule has 33 heavy (non-hydrogen) atoms. The first kappa shape index (κ1) is 23.5. The Bertz CT molecular complexity index is 1110. The number of rotatable bonds is 8. The summed E-state index contributed by atoms with van der Waals surface area (Å²) in [6.07, 6.45) is 0. The summed E-state index contributed by atoms with van der Waals surface area (Å²) in [7, 11) is 3.46. The van der Waals surface area contributed by atoms with Gasteiger partial charge in [-0.2, -0.15) is 0 Å². The molecule has 3 aromatic carbocycles. The topological polar surface area (TPSA) is 81.8 Å². The third kappa shape index (κ3) is 6.67. The molecule has 0 aliphatic heterocycles. The molecule has 7 nitrogen and oxygen atoms in total. The average Bonchev–Trinajstić information content (AvgIpc) is 2.83. The van der Waals surface area contributed by atoms with Gasteiger partial charge in [0.1, 0.15) is 0 Å². The van der Waals surface area contributed by atoms with Crippen molar-refractivity contribution in [2.45, 2.75) is 13.5 Å². The van der Waals surface area contributed by atoms with Crippen molar-refractivity contribution in [2.24, 2.45) is 0 Å². The average molecular weight is 445 g/mol. The molecule has 3 aromatic rings. The SMILES string of the molecule is CC(=O)N(C)c1ccc(NC(=O)CNc2cccc(C(=O)N(C)Cc3ccccc3)c2)cc1. The van der Waals surface area contributed by atoms with Gasteiger partial charge < -0.3 is 20.4 Å². The highest BCUT2D eigenvalue weighted by Gasteiger charge is 2.13.